The van der Waals surface area contributed by atoms with Crippen LogP contribution in [0.25, 0.3) is 10.2 Å². The van der Waals surface area contributed by atoms with Crippen molar-refractivity contribution in [3.05, 3.63) is 30.1 Å². The number of nitrogens with zero attached hydrogens (tertiary/aromatic N) is 5. The van der Waals surface area contributed by atoms with Crippen molar-refractivity contribution in [2.24, 2.45) is 0 Å². The predicted molar refractivity (Wildman–Crippen MR) is 121 cm³/mol. The van der Waals surface area contributed by atoms with Gasteiger partial charge in [-0.05, 0) is 44.7 Å². The molecule has 1 amide bonds. The number of benzene rings is 1. The van der Waals surface area contributed by atoms with Gasteiger partial charge in [-0.25, -0.2) is 4.98 Å². The van der Waals surface area contributed by atoms with Gasteiger partial charge in [0.1, 0.15) is 11.4 Å². The van der Waals surface area contributed by atoms with Gasteiger partial charge in [0.2, 0.25) is 5.91 Å². The molecule has 30 heavy (non-hydrogen) atoms. The van der Waals surface area contributed by atoms with Gasteiger partial charge in [-0.15, -0.1) is 21.5 Å². The summed E-state index contributed by atoms with van der Waals surface area (Å²) >= 11 is 4.69. The molecule has 10 heteroatoms. The Morgan fingerprint density at radius 1 is 1.30 bits per heavy atom. The highest BCUT2D eigenvalue weighted by Gasteiger charge is 2.35. The Labute approximate surface area is 187 Å². The minimum absolute atomic E-state index is 0.125. The fraction of sp³-hybridized carbons (Fsp3) is 0.450. The maximum atomic E-state index is 12.4. The minimum atomic E-state index is -0.685. The van der Waals surface area contributed by atoms with Crippen LogP contribution in [0.5, 0.6) is 0 Å². The van der Waals surface area contributed by atoms with Gasteiger partial charge in [0.05, 0.1) is 27.8 Å². The van der Waals surface area contributed by atoms with Crippen molar-refractivity contribution in [1.29, 1.82) is 5.26 Å². The number of hydrogen-bond acceptors (Lipinski definition) is 8. The van der Waals surface area contributed by atoms with E-state index in [1.807, 2.05) is 29.7 Å². The van der Waals surface area contributed by atoms with Crippen LogP contribution < -0.4 is 5.32 Å². The molecule has 0 bridgehead atoms. The molecule has 7 nitrogen and oxygen atoms in total. The van der Waals surface area contributed by atoms with Gasteiger partial charge < -0.3 is 9.88 Å². The van der Waals surface area contributed by atoms with Gasteiger partial charge in [-0.1, -0.05) is 35.7 Å². The highest BCUT2D eigenvalue weighted by molar-refractivity contribution is 8.00. The summed E-state index contributed by atoms with van der Waals surface area (Å²) < 4.78 is 4.22. The van der Waals surface area contributed by atoms with E-state index in [9.17, 15) is 10.1 Å². The normalized spacial score (nSPS) is 15.3. The third kappa shape index (κ3) is 4.63. The maximum Gasteiger partial charge on any atom is 0.231 e. The lowest BCUT2D eigenvalue weighted by atomic mass is 10.0. The Morgan fingerprint density at radius 3 is 2.83 bits per heavy atom. The van der Waals surface area contributed by atoms with E-state index in [2.05, 4.69) is 32.6 Å². The lowest BCUT2D eigenvalue weighted by Crippen LogP contribution is -2.45. The van der Waals surface area contributed by atoms with Gasteiger partial charge in [-0.3, -0.25) is 4.79 Å². The number of carbonyl (C=O) groups excluding carboxylic acids is 1. The van der Waals surface area contributed by atoms with Crippen molar-refractivity contribution < 1.29 is 4.79 Å². The van der Waals surface area contributed by atoms with E-state index in [4.69, 9.17) is 0 Å². The second kappa shape index (κ2) is 9.37. The summed E-state index contributed by atoms with van der Waals surface area (Å²) in [5, 5.41) is 21.7. The number of carbonyl (C=O) groups is 1. The topological polar surface area (TPSA) is 96.5 Å². The number of rotatable bonds is 8. The van der Waals surface area contributed by atoms with E-state index in [1.54, 1.807) is 23.1 Å². The van der Waals surface area contributed by atoms with E-state index in [0.717, 1.165) is 53.1 Å². The molecule has 2 aromatic heterocycles. The summed E-state index contributed by atoms with van der Waals surface area (Å²) in [5.74, 6) is 1.64. The molecule has 156 valence electrons. The van der Waals surface area contributed by atoms with Crippen LogP contribution in [0.15, 0.2) is 33.8 Å². The number of para-hydroxylation sites is 1. The van der Waals surface area contributed by atoms with Gasteiger partial charge >= 0.3 is 0 Å². The Kier molecular flexibility index (Phi) is 6.61. The standard InChI is InChI=1S/C20H22N6OS3/c1-2-26-16(11-29-19-22-14-7-3-4-8-15(14)30-19)24-25-18(26)28-12-17(27)23-20(13-21)9-5-6-10-20/h3-4,7-8H,2,5-6,9-12H2,1H3,(H,23,27). The molecule has 3 aromatic rings. The van der Waals surface area contributed by atoms with Crippen molar-refractivity contribution in [2.45, 2.75) is 59.9 Å². The molecule has 0 saturated heterocycles. The first-order valence-corrected chi connectivity index (χ1v) is 12.7. The first kappa shape index (κ1) is 21.2. The van der Waals surface area contributed by atoms with Gasteiger partial charge in [0.15, 0.2) is 9.50 Å². The second-order valence-corrected chi connectivity index (χ2v) is 10.3. The van der Waals surface area contributed by atoms with Gasteiger partial charge in [0, 0.05) is 6.54 Å². The van der Waals surface area contributed by atoms with Crippen molar-refractivity contribution >= 4 is 51.0 Å². The van der Waals surface area contributed by atoms with Crippen LogP contribution in [0.4, 0.5) is 0 Å². The zero-order valence-corrected chi connectivity index (χ0v) is 19.1. The largest absolute Gasteiger partial charge is 0.337 e. The third-order valence-electron chi connectivity index (χ3n) is 5.09. The Hall–Kier alpha value is -2.09. The molecule has 0 atom stereocenters. The summed E-state index contributed by atoms with van der Waals surface area (Å²) in [4.78, 5) is 17.0. The highest BCUT2D eigenvalue weighted by atomic mass is 32.2. The zero-order valence-electron chi connectivity index (χ0n) is 16.6. The van der Waals surface area contributed by atoms with E-state index in [-0.39, 0.29) is 11.7 Å². The molecule has 4 rings (SSSR count). The van der Waals surface area contributed by atoms with Crippen molar-refractivity contribution in [3.63, 3.8) is 0 Å². The van der Waals surface area contributed by atoms with Gasteiger partial charge in [-0.2, -0.15) is 5.26 Å². The number of fused-ring (bicyclic) bond motifs is 1. The molecule has 0 spiro atoms. The summed E-state index contributed by atoms with van der Waals surface area (Å²) in [6, 6.07) is 10.4. The monoisotopic (exact) mass is 458 g/mol. The van der Waals surface area contributed by atoms with Crippen molar-refractivity contribution in [2.75, 3.05) is 5.75 Å². The van der Waals surface area contributed by atoms with E-state index >= 15 is 0 Å². The Balaban J connectivity index is 1.36. The fourth-order valence-corrected chi connectivity index (χ4v) is 6.39. The smallest absolute Gasteiger partial charge is 0.231 e. The molecule has 1 aliphatic rings. The average Bonchev–Trinajstić information content (AvgIpc) is 3.48. The lowest BCUT2D eigenvalue weighted by molar-refractivity contribution is -0.119. The number of thioether (sulfide) groups is 2. The third-order valence-corrected chi connectivity index (χ3v) is 8.23. The molecular formula is C20H22N6OS3. The summed E-state index contributed by atoms with van der Waals surface area (Å²) in [5.41, 5.74) is 0.330. The van der Waals surface area contributed by atoms with Crippen LogP contribution in [0.2, 0.25) is 0 Å². The van der Waals surface area contributed by atoms with Crippen molar-refractivity contribution in [1.82, 2.24) is 25.1 Å². The van der Waals surface area contributed by atoms with Crippen molar-refractivity contribution in [3.8, 4) is 6.07 Å². The number of nitrogens with one attached hydrogen (secondary N) is 1. The summed E-state index contributed by atoms with van der Waals surface area (Å²) in [6.07, 6.45) is 3.44. The fourth-order valence-electron chi connectivity index (χ4n) is 3.57. The summed E-state index contributed by atoms with van der Waals surface area (Å²) in [7, 11) is 0. The molecule has 0 unspecified atom stereocenters. The second-order valence-electron chi connectivity index (χ2n) is 7.12. The number of nitriles is 1. The average molecular weight is 459 g/mol. The Bertz CT molecular complexity index is 1050. The molecule has 2 heterocycles. The molecular weight excluding hydrogens is 436 g/mol. The van der Waals surface area contributed by atoms with Crippen LogP contribution in [0, 0.1) is 11.3 Å². The molecule has 1 N–H and O–H groups in total. The number of hydrogen-bond donors (Lipinski definition) is 1. The first-order valence-electron chi connectivity index (χ1n) is 9.88. The first-order chi connectivity index (χ1) is 14.6. The predicted octanol–water partition coefficient (Wildman–Crippen LogP) is 4.24. The minimum Gasteiger partial charge on any atom is -0.337 e. The molecule has 0 radical (unpaired) electrons. The van der Waals surface area contributed by atoms with Crippen LogP contribution in [-0.4, -0.2) is 36.9 Å². The zero-order chi connectivity index (χ0) is 21.0. The number of amides is 1. The van der Waals surface area contributed by atoms with Crippen LogP contribution in [0.1, 0.15) is 38.4 Å². The SMILES string of the molecule is CCn1c(CSc2nc3ccccc3s2)nnc1SCC(=O)NC1(C#N)CCCC1. The molecule has 1 fully saturated rings. The van der Waals surface area contributed by atoms with Crippen LogP contribution in [-0.2, 0) is 17.1 Å². The van der Waals surface area contributed by atoms with Crippen LogP contribution >= 0.6 is 34.9 Å². The Morgan fingerprint density at radius 2 is 2.10 bits per heavy atom. The molecule has 1 saturated carbocycles. The maximum absolute atomic E-state index is 12.4. The van der Waals surface area contributed by atoms with Crippen LogP contribution in [0.3, 0.4) is 0 Å². The number of aromatic nitrogens is 4. The quantitative estimate of drug-likeness (QED) is 0.504. The molecule has 1 aliphatic carbocycles. The molecule has 0 aliphatic heterocycles. The highest BCUT2D eigenvalue weighted by Crippen LogP contribution is 2.32. The van der Waals surface area contributed by atoms with E-state index in [0.29, 0.717) is 5.75 Å². The number of thiazole rings is 1. The van der Waals surface area contributed by atoms with Gasteiger partial charge in [0.25, 0.3) is 0 Å². The summed E-state index contributed by atoms with van der Waals surface area (Å²) in [6.45, 7) is 2.78. The molecule has 1 aromatic carbocycles. The van der Waals surface area contributed by atoms with E-state index < -0.39 is 5.54 Å². The lowest BCUT2D eigenvalue weighted by Gasteiger charge is -2.21. The van der Waals surface area contributed by atoms with E-state index in [1.165, 1.54) is 16.5 Å².